The maximum absolute atomic E-state index is 12.6. The van der Waals surface area contributed by atoms with Crippen molar-refractivity contribution in [3.63, 3.8) is 0 Å². The van der Waals surface area contributed by atoms with Crippen LogP contribution in [0, 0.1) is 0 Å². The van der Waals surface area contributed by atoms with E-state index in [4.69, 9.17) is 25.8 Å². The first kappa shape index (κ1) is 21.6. The van der Waals surface area contributed by atoms with Crippen molar-refractivity contribution in [1.29, 1.82) is 0 Å². The van der Waals surface area contributed by atoms with Gasteiger partial charge in [0.25, 0.3) is 0 Å². The molecule has 0 heterocycles. The molecule has 2 rings (SSSR count). The predicted molar refractivity (Wildman–Crippen MR) is 108 cm³/mol. The number of nitrogens with one attached hydrogen (secondary N) is 1. The van der Waals surface area contributed by atoms with Gasteiger partial charge in [0.1, 0.15) is 23.8 Å². The number of carbonyl (C=O) groups excluding carboxylic acids is 1. The number of halogens is 1. The van der Waals surface area contributed by atoms with Crippen molar-refractivity contribution >= 4 is 38.9 Å². The van der Waals surface area contributed by atoms with E-state index in [1.807, 2.05) is 0 Å². The van der Waals surface area contributed by atoms with Gasteiger partial charge in [0.05, 0.1) is 39.0 Å². The number of hydrogen-bond acceptors (Lipinski definition) is 6. The SMILES string of the molecule is COc1ccc(NC(=O)CN(c2cc(Cl)ccc2OC)S(C)(=O)=O)c(OC)c1. The summed E-state index contributed by atoms with van der Waals surface area (Å²) in [5.74, 6) is 0.621. The molecule has 152 valence electrons. The number of ether oxygens (including phenoxy) is 3. The molecule has 0 aliphatic rings. The Morgan fingerprint density at radius 2 is 1.71 bits per heavy atom. The summed E-state index contributed by atoms with van der Waals surface area (Å²) in [5, 5.41) is 2.94. The third-order valence-electron chi connectivity index (χ3n) is 3.78. The van der Waals surface area contributed by atoms with Crippen LogP contribution in [0.3, 0.4) is 0 Å². The van der Waals surface area contributed by atoms with E-state index in [-0.39, 0.29) is 11.4 Å². The number of anilines is 2. The third kappa shape index (κ3) is 5.20. The minimum absolute atomic E-state index is 0.161. The number of carbonyl (C=O) groups is 1. The Morgan fingerprint density at radius 3 is 2.29 bits per heavy atom. The van der Waals surface area contributed by atoms with Crippen LogP contribution in [0.2, 0.25) is 5.02 Å². The highest BCUT2D eigenvalue weighted by atomic mass is 35.5. The van der Waals surface area contributed by atoms with E-state index in [9.17, 15) is 13.2 Å². The Balaban J connectivity index is 2.32. The Labute approximate surface area is 169 Å². The zero-order chi connectivity index (χ0) is 20.9. The van der Waals surface area contributed by atoms with Crippen molar-refractivity contribution in [2.75, 3.05) is 43.8 Å². The first-order chi connectivity index (χ1) is 13.2. The third-order valence-corrected chi connectivity index (χ3v) is 5.14. The molecule has 0 radical (unpaired) electrons. The van der Waals surface area contributed by atoms with Gasteiger partial charge in [-0.2, -0.15) is 0 Å². The van der Waals surface area contributed by atoms with Crippen molar-refractivity contribution in [3.8, 4) is 17.2 Å². The lowest BCUT2D eigenvalue weighted by Gasteiger charge is -2.24. The van der Waals surface area contributed by atoms with Crippen molar-refractivity contribution in [2.45, 2.75) is 0 Å². The summed E-state index contributed by atoms with van der Waals surface area (Å²) in [5.41, 5.74) is 0.536. The van der Waals surface area contributed by atoms with Crippen molar-refractivity contribution < 1.29 is 27.4 Å². The molecular weight excluding hydrogens is 408 g/mol. The molecule has 0 atom stereocenters. The van der Waals surface area contributed by atoms with Crippen molar-refractivity contribution in [3.05, 3.63) is 41.4 Å². The summed E-state index contributed by atoms with van der Waals surface area (Å²) in [7, 11) is 0.558. The number of amides is 1. The maximum atomic E-state index is 12.6. The maximum Gasteiger partial charge on any atom is 0.245 e. The van der Waals surface area contributed by atoms with E-state index in [2.05, 4.69) is 5.32 Å². The Bertz CT molecular complexity index is 965. The highest BCUT2D eigenvalue weighted by molar-refractivity contribution is 7.92. The number of nitrogens with zero attached hydrogens (tertiary/aromatic N) is 1. The Morgan fingerprint density at radius 1 is 1.04 bits per heavy atom. The molecule has 0 unspecified atom stereocenters. The summed E-state index contributed by atoms with van der Waals surface area (Å²) in [4.78, 5) is 12.6. The van der Waals surface area contributed by atoms with Crippen LogP contribution in [-0.4, -0.2) is 48.5 Å². The van der Waals surface area contributed by atoms with Gasteiger partial charge in [0.15, 0.2) is 0 Å². The van der Waals surface area contributed by atoms with Gasteiger partial charge in [-0.25, -0.2) is 8.42 Å². The van der Waals surface area contributed by atoms with Crippen molar-refractivity contribution in [2.24, 2.45) is 0 Å². The lowest BCUT2D eigenvalue weighted by molar-refractivity contribution is -0.114. The average Bonchev–Trinajstić information content (AvgIpc) is 2.65. The molecule has 10 heteroatoms. The number of rotatable bonds is 8. The van der Waals surface area contributed by atoms with Gasteiger partial charge in [-0.15, -0.1) is 0 Å². The highest BCUT2D eigenvalue weighted by Crippen LogP contribution is 2.33. The average molecular weight is 429 g/mol. The van der Waals surface area contributed by atoms with Crippen LogP contribution < -0.4 is 23.8 Å². The van der Waals surface area contributed by atoms with Crippen LogP contribution in [-0.2, 0) is 14.8 Å². The molecule has 0 fully saturated rings. The molecule has 8 nitrogen and oxygen atoms in total. The second-order valence-corrected chi connectivity index (χ2v) is 8.04. The molecule has 1 amide bonds. The minimum Gasteiger partial charge on any atom is -0.497 e. The summed E-state index contributed by atoms with van der Waals surface area (Å²) in [6.45, 7) is -0.481. The fourth-order valence-electron chi connectivity index (χ4n) is 2.46. The van der Waals surface area contributed by atoms with Gasteiger partial charge in [0, 0.05) is 11.1 Å². The van der Waals surface area contributed by atoms with Gasteiger partial charge < -0.3 is 19.5 Å². The van der Waals surface area contributed by atoms with Crippen molar-refractivity contribution in [1.82, 2.24) is 0 Å². The largest absolute Gasteiger partial charge is 0.497 e. The fraction of sp³-hybridized carbons (Fsp3) is 0.278. The zero-order valence-corrected chi connectivity index (χ0v) is 17.4. The number of methoxy groups -OCH3 is 3. The van der Waals surface area contributed by atoms with E-state index in [1.165, 1.54) is 33.5 Å². The molecule has 0 spiro atoms. The molecule has 2 aromatic rings. The van der Waals surface area contributed by atoms with Crippen LogP contribution in [0.15, 0.2) is 36.4 Å². The van der Waals surface area contributed by atoms with Gasteiger partial charge in [0.2, 0.25) is 15.9 Å². The molecule has 0 aromatic heterocycles. The molecule has 0 aliphatic heterocycles. The van der Waals surface area contributed by atoms with E-state index in [0.717, 1.165) is 10.6 Å². The lowest BCUT2D eigenvalue weighted by atomic mass is 10.2. The van der Waals surface area contributed by atoms with Crippen LogP contribution in [0.25, 0.3) is 0 Å². The molecule has 1 N–H and O–H groups in total. The monoisotopic (exact) mass is 428 g/mol. The van der Waals surface area contributed by atoms with E-state index >= 15 is 0 Å². The molecule has 2 aromatic carbocycles. The van der Waals surface area contributed by atoms with Crippen LogP contribution in [0.5, 0.6) is 17.2 Å². The van der Waals surface area contributed by atoms with Crippen LogP contribution in [0.4, 0.5) is 11.4 Å². The van der Waals surface area contributed by atoms with Gasteiger partial charge >= 0.3 is 0 Å². The number of benzene rings is 2. The first-order valence-electron chi connectivity index (χ1n) is 8.02. The molecule has 0 saturated heterocycles. The zero-order valence-electron chi connectivity index (χ0n) is 15.9. The lowest BCUT2D eigenvalue weighted by Crippen LogP contribution is -2.37. The minimum atomic E-state index is -3.80. The van der Waals surface area contributed by atoms with Gasteiger partial charge in [-0.3, -0.25) is 9.10 Å². The second kappa shape index (κ2) is 9.03. The smallest absolute Gasteiger partial charge is 0.245 e. The van der Waals surface area contributed by atoms with E-state index < -0.39 is 22.5 Å². The van der Waals surface area contributed by atoms with Crippen LogP contribution >= 0.6 is 11.6 Å². The normalized spacial score (nSPS) is 10.9. The number of sulfonamides is 1. The Kier molecular flexibility index (Phi) is 6.98. The molecular formula is C18H21ClN2O6S. The summed E-state index contributed by atoms with van der Waals surface area (Å²) >= 11 is 6.00. The second-order valence-electron chi connectivity index (χ2n) is 5.70. The van der Waals surface area contributed by atoms with E-state index in [1.54, 1.807) is 24.3 Å². The fourth-order valence-corrected chi connectivity index (χ4v) is 3.48. The summed E-state index contributed by atoms with van der Waals surface area (Å²) < 4.78 is 41.1. The molecule has 0 saturated carbocycles. The van der Waals surface area contributed by atoms with Crippen LogP contribution in [0.1, 0.15) is 0 Å². The highest BCUT2D eigenvalue weighted by Gasteiger charge is 2.25. The first-order valence-corrected chi connectivity index (χ1v) is 10.3. The molecule has 0 bridgehead atoms. The van der Waals surface area contributed by atoms with E-state index in [0.29, 0.717) is 22.2 Å². The quantitative estimate of drug-likeness (QED) is 0.694. The molecule has 28 heavy (non-hydrogen) atoms. The summed E-state index contributed by atoms with van der Waals surface area (Å²) in [6, 6.07) is 9.35. The topological polar surface area (TPSA) is 94.2 Å². The standard InChI is InChI=1S/C18H21ClN2O6S/c1-25-13-6-7-14(17(10-13)27-3)20-18(22)11-21(28(4,23)24)15-9-12(19)5-8-16(15)26-2/h5-10H,11H2,1-4H3,(H,20,22). The summed E-state index contributed by atoms with van der Waals surface area (Å²) in [6.07, 6.45) is 0.995. The van der Waals surface area contributed by atoms with Gasteiger partial charge in [-0.1, -0.05) is 11.6 Å². The number of hydrogen-bond donors (Lipinski definition) is 1. The Hall–Kier alpha value is -2.65. The predicted octanol–water partition coefficient (Wildman–Crippen LogP) is 2.77. The molecule has 0 aliphatic carbocycles. The van der Waals surface area contributed by atoms with Gasteiger partial charge in [-0.05, 0) is 30.3 Å².